The number of benzene rings is 2. The predicted octanol–water partition coefficient (Wildman–Crippen LogP) is 3.38. The molecular weight excluding hydrogens is 400 g/mol. The Hall–Kier alpha value is -2.09. The second-order valence-corrected chi connectivity index (χ2v) is 9.03. The summed E-state index contributed by atoms with van der Waals surface area (Å²) in [7, 11) is -3.71. The second kappa shape index (κ2) is 8.94. The molecule has 6 nitrogen and oxygen atoms in total. The summed E-state index contributed by atoms with van der Waals surface area (Å²) in [6, 6.07) is 13.8. The molecule has 2 aromatic carbocycles. The summed E-state index contributed by atoms with van der Waals surface area (Å²) in [4.78, 5) is 12.3. The van der Waals surface area contributed by atoms with E-state index in [1.807, 2.05) is 37.3 Å². The van der Waals surface area contributed by atoms with E-state index in [0.717, 1.165) is 18.4 Å². The molecular formula is C20H23ClN2O4S. The zero-order valence-corrected chi connectivity index (χ0v) is 17.2. The van der Waals surface area contributed by atoms with E-state index in [4.69, 9.17) is 16.3 Å². The van der Waals surface area contributed by atoms with E-state index in [1.54, 1.807) is 6.07 Å². The molecule has 1 atom stereocenters. The molecule has 1 fully saturated rings. The zero-order chi connectivity index (χ0) is 20.1. The summed E-state index contributed by atoms with van der Waals surface area (Å²) in [6.07, 6.45) is 1.66. The van der Waals surface area contributed by atoms with Crippen molar-refractivity contribution >= 4 is 27.5 Å². The van der Waals surface area contributed by atoms with Crippen LogP contribution in [0, 0.1) is 0 Å². The Balaban J connectivity index is 1.70. The van der Waals surface area contributed by atoms with E-state index < -0.39 is 10.0 Å². The van der Waals surface area contributed by atoms with Gasteiger partial charge in [-0.3, -0.25) is 4.79 Å². The molecule has 0 saturated carbocycles. The van der Waals surface area contributed by atoms with Crippen LogP contribution in [0.25, 0.3) is 0 Å². The van der Waals surface area contributed by atoms with E-state index in [2.05, 4.69) is 5.32 Å². The molecule has 1 aliphatic rings. The van der Waals surface area contributed by atoms with Crippen LogP contribution in [0.1, 0.15) is 31.4 Å². The maximum absolute atomic E-state index is 12.9. The quantitative estimate of drug-likeness (QED) is 0.742. The van der Waals surface area contributed by atoms with Gasteiger partial charge in [0, 0.05) is 18.1 Å². The lowest BCUT2D eigenvalue weighted by atomic mass is 10.1. The van der Waals surface area contributed by atoms with Gasteiger partial charge in [-0.1, -0.05) is 41.9 Å². The highest BCUT2D eigenvalue weighted by Crippen LogP contribution is 2.31. The lowest BCUT2D eigenvalue weighted by molar-refractivity contribution is -0.123. The van der Waals surface area contributed by atoms with Crippen LogP contribution >= 0.6 is 11.6 Å². The zero-order valence-electron chi connectivity index (χ0n) is 15.6. The van der Waals surface area contributed by atoms with Crippen LogP contribution < -0.4 is 10.1 Å². The van der Waals surface area contributed by atoms with Gasteiger partial charge in [0.05, 0.1) is 6.04 Å². The minimum atomic E-state index is -3.71. The van der Waals surface area contributed by atoms with Crippen molar-refractivity contribution in [1.29, 1.82) is 0 Å². The van der Waals surface area contributed by atoms with Crippen molar-refractivity contribution in [2.45, 2.75) is 30.7 Å². The molecule has 2 aromatic rings. The molecule has 0 unspecified atom stereocenters. The van der Waals surface area contributed by atoms with Crippen LogP contribution in [0.3, 0.4) is 0 Å². The molecule has 1 heterocycles. The third-order valence-electron chi connectivity index (χ3n) is 4.62. The largest absolute Gasteiger partial charge is 0.482 e. The lowest BCUT2D eigenvalue weighted by Gasteiger charge is -2.19. The molecule has 28 heavy (non-hydrogen) atoms. The number of hydrogen-bond donors (Lipinski definition) is 1. The van der Waals surface area contributed by atoms with Crippen molar-refractivity contribution < 1.29 is 17.9 Å². The minimum absolute atomic E-state index is 0.00851. The first kappa shape index (κ1) is 20.6. The van der Waals surface area contributed by atoms with Crippen LogP contribution in [-0.4, -0.2) is 38.3 Å². The Morgan fingerprint density at radius 2 is 1.86 bits per heavy atom. The SMILES string of the molecule is C[C@H](NC(=O)COc1ccc(Cl)cc1S(=O)(=O)N1CCCC1)c1ccccc1. The molecule has 0 radical (unpaired) electrons. The monoisotopic (exact) mass is 422 g/mol. The number of amides is 1. The molecule has 8 heteroatoms. The van der Waals surface area contributed by atoms with Gasteiger partial charge in [-0.15, -0.1) is 0 Å². The molecule has 1 N–H and O–H groups in total. The number of carbonyl (C=O) groups is 1. The number of halogens is 1. The first-order valence-electron chi connectivity index (χ1n) is 9.15. The number of nitrogens with zero attached hydrogens (tertiary/aromatic N) is 1. The van der Waals surface area contributed by atoms with Gasteiger partial charge in [0.25, 0.3) is 5.91 Å². The summed E-state index contributed by atoms with van der Waals surface area (Å²) in [5.74, 6) is -0.213. The first-order valence-corrected chi connectivity index (χ1v) is 11.0. The molecule has 0 bridgehead atoms. The number of carbonyl (C=O) groups excluding carboxylic acids is 1. The number of hydrogen-bond acceptors (Lipinski definition) is 4. The van der Waals surface area contributed by atoms with Crippen molar-refractivity contribution in [2.24, 2.45) is 0 Å². The van der Waals surface area contributed by atoms with Gasteiger partial charge in [-0.05, 0) is 43.5 Å². The summed E-state index contributed by atoms with van der Waals surface area (Å²) in [5.41, 5.74) is 0.972. The van der Waals surface area contributed by atoms with Crippen LogP contribution in [0.5, 0.6) is 5.75 Å². The average molecular weight is 423 g/mol. The Labute approximate surface area is 170 Å². The van der Waals surface area contributed by atoms with Crippen molar-refractivity contribution in [3.8, 4) is 5.75 Å². The van der Waals surface area contributed by atoms with Crippen LogP contribution in [0.2, 0.25) is 5.02 Å². The summed E-state index contributed by atoms with van der Waals surface area (Å²) >= 11 is 6.01. The van der Waals surface area contributed by atoms with Crippen LogP contribution in [-0.2, 0) is 14.8 Å². The molecule has 0 aliphatic carbocycles. The van der Waals surface area contributed by atoms with Gasteiger partial charge in [-0.2, -0.15) is 4.31 Å². The van der Waals surface area contributed by atoms with E-state index in [-0.39, 0.29) is 29.2 Å². The normalized spacial score (nSPS) is 15.9. The van der Waals surface area contributed by atoms with Crippen molar-refractivity contribution in [3.05, 3.63) is 59.1 Å². The number of rotatable bonds is 7. The van der Waals surface area contributed by atoms with Crippen LogP contribution in [0.15, 0.2) is 53.4 Å². The fraction of sp³-hybridized carbons (Fsp3) is 0.350. The third-order valence-corrected chi connectivity index (χ3v) is 6.78. The Morgan fingerprint density at radius 3 is 2.54 bits per heavy atom. The number of nitrogens with one attached hydrogen (secondary N) is 1. The van der Waals surface area contributed by atoms with E-state index in [1.165, 1.54) is 16.4 Å². The maximum Gasteiger partial charge on any atom is 0.258 e. The fourth-order valence-corrected chi connectivity index (χ4v) is 5.03. The standard InChI is InChI=1S/C20H23ClN2O4S/c1-15(16-7-3-2-4-8-16)22-20(24)14-27-18-10-9-17(21)13-19(18)28(25,26)23-11-5-6-12-23/h2-4,7-10,13,15H,5-6,11-12,14H2,1H3,(H,22,24)/t15-/m0/s1. The average Bonchev–Trinajstić information content (AvgIpc) is 3.23. The summed E-state index contributed by atoms with van der Waals surface area (Å²) in [6.45, 7) is 2.53. The summed E-state index contributed by atoms with van der Waals surface area (Å²) < 4.78 is 32.8. The Bertz CT molecular complexity index is 928. The van der Waals surface area contributed by atoms with Crippen molar-refractivity contribution in [1.82, 2.24) is 9.62 Å². The summed E-state index contributed by atoms with van der Waals surface area (Å²) in [5, 5.41) is 3.14. The third kappa shape index (κ3) is 4.84. The van der Waals surface area contributed by atoms with Gasteiger partial charge in [0.15, 0.2) is 6.61 Å². The lowest BCUT2D eigenvalue weighted by Crippen LogP contribution is -2.32. The first-order chi connectivity index (χ1) is 13.4. The molecule has 150 valence electrons. The molecule has 0 spiro atoms. The van der Waals surface area contributed by atoms with E-state index >= 15 is 0 Å². The Morgan fingerprint density at radius 1 is 1.18 bits per heavy atom. The molecule has 3 rings (SSSR count). The second-order valence-electron chi connectivity index (χ2n) is 6.69. The van der Waals surface area contributed by atoms with Crippen molar-refractivity contribution in [2.75, 3.05) is 19.7 Å². The molecule has 1 amide bonds. The predicted molar refractivity (Wildman–Crippen MR) is 108 cm³/mol. The fourth-order valence-electron chi connectivity index (χ4n) is 3.12. The molecule has 1 saturated heterocycles. The topological polar surface area (TPSA) is 75.7 Å². The van der Waals surface area contributed by atoms with Gasteiger partial charge < -0.3 is 10.1 Å². The number of ether oxygens (including phenoxy) is 1. The highest BCUT2D eigenvalue weighted by atomic mass is 35.5. The van der Waals surface area contributed by atoms with E-state index in [0.29, 0.717) is 18.1 Å². The van der Waals surface area contributed by atoms with Gasteiger partial charge >= 0.3 is 0 Å². The smallest absolute Gasteiger partial charge is 0.258 e. The highest BCUT2D eigenvalue weighted by molar-refractivity contribution is 7.89. The Kier molecular flexibility index (Phi) is 6.59. The minimum Gasteiger partial charge on any atom is -0.482 e. The van der Waals surface area contributed by atoms with Gasteiger partial charge in [-0.25, -0.2) is 8.42 Å². The van der Waals surface area contributed by atoms with Gasteiger partial charge in [0.1, 0.15) is 10.6 Å². The van der Waals surface area contributed by atoms with Crippen LogP contribution in [0.4, 0.5) is 0 Å². The van der Waals surface area contributed by atoms with Crippen molar-refractivity contribution in [3.63, 3.8) is 0 Å². The highest BCUT2D eigenvalue weighted by Gasteiger charge is 2.30. The molecule has 1 aliphatic heterocycles. The van der Waals surface area contributed by atoms with Gasteiger partial charge in [0.2, 0.25) is 10.0 Å². The molecule has 0 aromatic heterocycles. The van der Waals surface area contributed by atoms with E-state index in [9.17, 15) is 13.2 Å². The maximum atomic E-state index is 12.9. The number of sulfonamides is 1.